The van der Waals surface area contributed by atoms with Crippen molar-refractivity contribution in [3.63, 3.8) is 0 Å². The van der Waals surface area contributed by atoms with Crippen molar-refractivity contribution in [2.45, 2.75) is 25.7 Å². The second-order valence-electron chi connectivity index (χ2n) is 7.11. The molecular formula is C22H23N3O3S. The first-order valence-corrected chi connectivity index (χ1v) is 10.7. The number of nitrogens with one attached hydrogen (secondary N) is 1. The lowest BCUT2D eigenvalue weighted by Crippen LogP contribution is -2.24. The first-order chi connectivity index (χ1) is 14.2. The largest absolute Gasteiger partial charge is 0.452 e. The van der Waals surface area contributed by atoms with Gasteiger partial charge >= 0.3 is 5.97 Å². The van der Waals surface area contributed by atoms with Gasteiger partial charge in [0.1, 0.15) is 0 Å². The van der Waals surface area contributed by atoms with Crippen molar-refractivity contribution < 1.29 is 14.3 Å². The molecule has 0 bridgehead atoms. The molecule has 0 saturated carbocycles. The number of carbonyl (C=O) groups excluding carboxylic acids is 2. The van der Waals surface area contributed by atoms with E-state index in [0.29, 0.717) is 11.3 Å². The maximum Gasteiger partial charge on any atom is 0.338 e. The van der Waals surface area contributed by atoms with Crippen molar-refractivity contribution >= 4 is 44.8 Å². The Bertz CT molecular complexity index is 992. The third-order valence-corrected chi connectivity index (χ3v) is 5.82. The summed E-state index contributed by atoms with van der Waals surface area (Å²) in [5.74, 6) is -0.883. The number of esters is 1. The van der Waals surface area contributed by atoms with Crippen molar-refractivity contribution in [1.29, 1.82) is 0 Å². The second-order valence-corrected chi connectivity index (χ2v) is 7.99. The molecule has 29 heavy (non-hydrogen) atoms. The first-order valence-electron chi connectivity index (χ1n) is 9.84. The summed E-state index contributed by atoms with van der Waals surface area (Å²) in [6.45, 7) is 1.83. The van der Waals surface area contributed by atoms with Crippen LogP contribution in [0.3, 0.4) is 0 Å². The lowest BCUT2D eigenvalue weighted by Gasteiger charge is -2.22. The molecule has 1 fully saturated rings. The molecule has 1 aliphatic rings. The van der Waals surface area contributed by atoms with E-state index in [0.717, 1.165) is 23.3 Å². The van der Waals surface area contributed by atoms with Gasteiger partial charge in [-0.25, -0.2) is 9.78 Å². The minimum Gasteiger partial charge on any atom is -0.452 e. The Balaban J connectivity index is 1.29. The molecule has 1 amide bonds. The quantitative estimate of drug-likeness (QED) is 0.630. The zero-order valence-corrected chi connectivity index (χ0v) is 16.9. The maximum absolute atomic E-state index is 12.2. The molecule has 7 heteroatoms. The van der Waals surface area contributed by atoms with Crippen LogP contribution in [-0.2, 0) is 9.53 Å². The molecule has 0 unspecified atom stereocenters. The Hall–Kier alpha value is -2.93. The molecule has 0 atom stereocenters. The summed E-state index contributed by atoms with van der Waals surface area (Å²) in [6.07, 6.45) is 5.03. The summed E-state index contributed by atoms with van der Waals surface area (Å²) < 4.78 is 6.06. The Morgan fingerprint density at radius 2 is 1.79 bits per heavy atom. The number of aromatic nitrogens is 1. The summed E-state index contributed by atoms with van der Waals surface area (Å²) >= 11 is 1.46. The summed E-state index contributed by atoms with van der Waals surface area (Å²) in [4.78, 5) is 30.9. The molecule has 0 radical (unpaired) electrons. The molecule has 2 aromatic carbocycles. The minimum atomic E-state index is -0.521. The number of rotatable bonds is 5. The van der Waals surface area contributed by atoms with Crippen LogP contribution in [0.25, 0.3) is 10.2 Å². The van der Waals surface area contributed by atoms with E-state index in [-0.39, 0.29) is 12.5 Å². The highest BCUT2D eigenvalue weighted by molar-refractivity contribution is 7.16. The van der Waals surface area contributed by atoms with Crippen LogP contribution in [0, 0.1) is 0 Å². The van der Waals surface area contributed by atoms with Gasteiger partial charge in [-0.1, -0.05) is 12.8 Å². The van der Waals surface area contributed by atoms with E-state index in [1.165, 1.54) is 42.7 Å². The highest BCUT2D eigenvalue weighted by atomic mass is 32.1. The predicted octanol–water partition coefficient (Wildman–Crippen LogP) is 4.47. The highest BCUT2D eigenvalue weighted by Crippen LogP contribution is 2.22. The maximum atomic E-state index is 12.2. The zero-order valence-electron chi connectivity index (χ0n) is 16.1. The van der Waals surface area contributed by atoms with Crippen LogP contribution >= 0.6 is 11.3 Å². The van der Waals surface area contributed by atoms with Crippen molar-refractivity contribution in [3.8, 4) is 0 Å². The molecule has 1 N–H and O–H groups in total. The van der Waals surface area contributed by atoms with E-state index < -0.39 is 5.97 Å². The molecule has 0 spiro atoms. The Labute approximate surface area is 173 Å². The smallest absolute Gasteiger partial charge is 0.338 e. The van der Waals surface area contributed by atoms with E-state index in [1.807, 2.05) is 24.3 Å². The highest BCUT2D eigenvalue weighted by Gasteiger charge is 2.13. The number of benzene rings is 2. The molecule has 6 nitrogen and oxygen atoms in total. The molecule has 3 aromatic rings. The van der Waals surface area contributed by atoms with E-state index in [9.17, 15) is 9.59 Å². The van der Waals surface area contributed by atoms with E-state index >= 15 is 0 Å². The number of anilines is 2. The van der Waals surface area contributed by atoms with Gasteiger partial charge in [-0.3, -0.25) is 4.79 Å². The zero-order chi connectivity index (χ0) is 20.1. The number of nitrogens with zero attached hydrogens (tertiary/aromatic N) is 2. The van der Waals surface area contributed by atoms with Crippen molar-refractivity contribution in [2.24, 2.45) is 0 Å². The molecular weight excluding hydrogens is 386 g/mol. The Morgan fingerprint density at radius 3 is 2.55 bits per heavy atom. The average molecular weight is 410 g/mol. The average Bonchev–Trinajstić information content (AvgIpc) is 3.04. The molecule has 2 heterocycles. The fraction of sp³-hybridized carbons (Fsp3) is 0.318. The fourth-order valence-electron chi connectivity index (χ4n) is 3.48. The molecule has 0 aliphatic carbocycles. The number of thiazole rings is 1. The van der Waals surface area contributed by atoms with Crippen LogP contribution in [0.15, 0.2) is 48.0 Å². The Morgan fingerprint density at radius 1 is 1.03 bits per heavy atom. The summed E-state index contributed by atoms with van der Waals surface area (Å²) in [5, 5.41) is 2.77. The first kappa shape index (κ1) is 19.4. The van der Waals surface area contributed by atoms with Crippen LogP contribution < -0.4 is 10.2 Å². The van der Waals surface area contributed by atoms with E-state index in [4.69, 9.17) is 4.74 Å². The third kappa shape index (κ3) is 4.92. The van der Waals surface area contributed by atoms with Gasteiger partial charge in [0.25, 0.3) is 5.91 Å². The molecule has 150 valence electrons. The van der Waals surface area contributed by atoms with Crippen LogP contribution in [0.1, 0.15) is 36.0 Å². The lowest BCUT2D eigenvalue weighted by molar-refractivity contribution is -0.119. The van der Waals surface area contributed by atoms with Crippen LogP contribution in [-0.4, -0.2) is 36.6 Å². The fourth-order valence-corrected chi connectivity index (χ4v) is 4.19. The monoisotopic (exact) mass is 409 g/mol. The van der Waals surface area contributed by atoms with Crippen LogP contribution in [0.5, 0.6) is 0 Å². The Kier molecular flexibility index (Phi) is 6.05. The number of amides is 1. The predicted molar refractivity (Wildman–Crippen MR) is 116 cm³/mol. The number of ether oxygens (including phenoxy) is 1. The van der Waals surface area contributed by atoms with Gasteiger partial charge in [0.05, 0.1) is 21.3 Å². The lowest BCUT2D eigenvalue weighted by atomic mass is 10.2. The molecule has 1 saturated heterocycles. The van der Waals surface area contributed by atoms with Gasteiger partial charge in [0.2, 0.25) is 0 Å². The van der Waals surface area contributed by atoms with Crippen molar-refractivity contribution in [1.82, 2.24) is 4.98 Å². The standard InChI is InChI=1S/C22H23N3O3S/c26-21(14-28-22(27)16-5-10-19-20(13-16)29-15-23-19)24-17-6-8-18(9-7-17)25-11-3-1-2-4-12-25/h5-10,13,15H,1-4,11-12,14H2,(H,24,26). The van der Waals surface area contributed by atoms with Gasteiger partial charge in [0.15, 0.2) is 6.61 Å². The van der Waals surface area contributed by atoms with Crippen molar-refractivity contribution in [3.05, 3.63) is 53.5 Å². The number of fused-ring (bicyclic) bond motifs is 1. The number of hydrogen-bond acceptors (Lipinski definition) is 6. The SMILES string of the molecule is O=C(COC(=O)c1ccc2ncsc2c1)Nc1ccc(N2CCCCCC2)cc1. The van der Waals surface area contributed by atoms with Gasteiger partial charge in [-0.05, 0) is 55.3 Å². The van der Waals surface area contributed by atoms with Crippen molar-refractivity contribution in [2.75, 3.05) is 29.9 Å². The molecule has 1 aromatic heterocycles. The third-order valence-electron chi connectivity index (χ3n) is 5.02. The van der Waals surface area contributed by atoms with Crippen LogP contribution in [0.2, 0.25) is 0 Å². The number of carbonyl (C=O) groups is 2. The molecule has 1 aliphatic heterocycles. The van der Waals surface area contributed by atoms with E-state index in [1.54, 1.807) is 23.7 Å². The number of hydrogen-bond donors (Lipinski definition) is 1. The van der Waals surface area contributed by atoms with Gasteiger partial charge in [0, 0.05) is 24.5 Å². The van der Waals surface area contributed by atoms with Gasteiger partial charge < -0.3 is 15.0 Å². The normalized spacial score (nSPS) is 14.4. The second kappa shape index (κ2) is 9.05. The van der Waals surface area contributed by atoms with Crippen LogP contribution in [0.4, 0.5) is 11.4 Å². The summed E-state index contributed by atoms with van der Waals surface area (Å²) in [5.41, 5.74) is 4.85. The summed E-state index contributed by atoms with van der Waals surface area (Å²) in [6, 6.07) is 13.0. The topological polar surface area (TPSA) is 71.5 Å². The summed E-state index contributed by atoms with van der Waals surface area (Å²) in [7, 11) is 0. The van der Waals surface area contributed by atoms with E-state index in [2.05, 4.69) is 15.2 Å². The molecule has 4 rings (SSSR count). The van der Waals surface area contributed by atoms with Gasteiger partial charge in [-0.15, -0.1) is 11.3 Å². The van der Waals surface area contributed by atoms with Gasteiger partial charge in [-0.2, -0.15) is 0 Å². The minimum absolute atomic E-state index is 0.326.